The Bertz CT molecular complexity index is 5550. The number of aliphatic hydroxyl groups excluding tert-OH is 8. The van der Waals surface area contributed by atoms with Crippen LogP contribution in [0.25, 0.3) is 44.3 Å². The maximum absolute atomic E-state index is 13.3. The minimum absolute atomic E-state index is 0.00304. The molecular weight excluding hydrogens is 1560 g/mol. The molecular formula is C73H80N11O27S3+. The van der Waals surface area contributed by atoms with Gasteiger partial charge in [-0.05, 0) is 83.6 Å². The van der Waals surface area contributed by atoms with Crippen LogP contribution in [-0.2, 0) is 69.0 Å². The number of benzene rings is 6. The molecule has 0 saturated heterocycles. The van der Waals surface area contributed by atoms with Crippen LogP contribution in [0.2, 0.25) is 0 Å². The molecule has 1 aliphatic heterocycles. The number of ether oxygens (including phenoxy) is 1. The topological polar surface area (TPSA) is 652 Å². The van der Waals surface area contributed by atoms with Crippen molar-refractivity contribution < 1.29 is 133 Å². The fraction of sp³-hybridized carbons (Fsp3) is 0.301. The van der Waals surface area contributed by atoms with Crippen molar-refractivity contribution >= 4 is 129 Å². The van der Waals surface area contributed by atoms with E-state index in [9.17, 15) is 114 Å². The van der Waals surface area contributed by atoms with Gasteiger partial charge < -0.3 is 80.2 Å². The second-order valence-electron chi connectivity index (χ2n) is 25.5. The van der Waals surface area contributed by atoms with E-state index in [0.29, 0.717) is 35.7 Å². The van der Waals surface area contributed by atoms with Crippen molar-refractivity contribution in [2.45, 2.75) is 131 Å². The molecule has 0 spiro atoms. The molecule has 0 radical (unpaired) electrons. The van der Waals surface area contributed by atoms with Crippen LogP contribution < -0.4 is 20.7 Å². The van der Waals surface area contributed by atoms with Gasteiger partial charge in [-0.3, -0.25) is 28.7 Å². The summed E-state index contributed by atoms with van der Waals surface area (Å²) >= 11 is 0. The molecule has 1 aromatic heterocycles. The molecule has 0 fully saturated rings. The van der Waals surface area contributed by atoms with Crippen molar-refractivity contribution in [3.8, 4) is 28.2 Å². The Hall–Kier alpha value is -12.7. The summed E-state index contributed by atoms with van der Waals surface area (Å²) in [6.07, 6.45) is 0.648. The number of aliphatic carboxylic acids is 2. The van der Waals surface area contributed by atoms with E-state index in [1.54, 1.807) is 67.7 Å². The number of esters is 1. The van der Waals surface area contributed by atoms with Gasteiger partial charge in [-0.1, -0.05) is 106 Å². The van der Waals surface area contributed by atoms with Gasteiger partial charge in [0.15, 0.2) is 22.3 Å². The van der Waals surface area contributed by atoms with Crippen LogP contribution >= 0.6 is 0 Å². The van der Waals surface area contributed by atoms with Gasteiger partial charge in [0.05, 0.1) is 30.7 Å². The molecule has 19 N–H and O–H groups in total. The summed E-state index contributed by atoms with van der Waals surface area (Å²) in [7, 11) is -15.7. The molecule has 1 aliphatic carbocycles. The van der Waals surface area contributed by atoms with Crippen LogP contribution in [0, 0.1) is 0 Å². The Kier molecular flexibility index (Phi) is 29.3. The van der Waals surface area contributed by atoms with E-state index >= 15 is 0 Å². The number of aromatic nitrogens is 1. The number of unbranched alkanes of at least 4 members (excludes halogenated alkanes) is 2. The zero-order valence-corrected chi connectivity index (χ0v) is 63.0. The van der Waals surface area contributed by atoms with Crippen molar-refractivity contribution in [1.82, 2.24) is 4.98 Å². The van der Waals surface area contributed by atoms with E-state index in [2.05, 4.69) is 49.1 Å². The first kappa shape index (κ1) is 86.9. The van der Waals surface area contributed by atoms with E-state index < -0.39 is 219 Å². The van der Waals surface area contributed by atoms with Crippen molar-refractivity contribution in [1.29, 1.82) is 0 Å². The standard InChI is InChI=1S/C73H79N11O27S3/c1-3-5-15-51(67(92)78-37-58(86)79-54(32-41-35-76-50-17-11-10-14-43(41)50)70(95)82-52(16-6-4-2)68(93)84-56(34-60(89)90)73(99)109-29-28-38-12-8-7-9-13-38)81-69(94)53(30-39-18-21-42(22-19-39)111-114(106,107)108)83-71(96)55(33-59(87)88)80-57(85)36-77-66(91)40-20-23-44(47(31-40)72(97)98)61-45-24-26-48(74)64(112(100,101)102)62(45)110-63-46(61)25-27-49(75)65(63)113(103,104)105/h7-14,17-27,31,35,51-56,74,76H,3-6,15-16,28-30,32-34,36-37,75H2,1-2H3,(H,77,91)(H,78,92)(H,79,86)(H,80,85)(H,81,94)(H,82,95)(H,83,96)(H,84,93)(H,87,88)(H,89,90)(H,97,98)(H,100,101,102)(H,103,104,105)(H,106,107,108)/p+1/t51-,52-,53-,54+,55-,56-/m0/s1. The van der Waals surface area contributed by atoms with E-state index in [0.717, 1.165) is 60.2 Å². The molecule has 2 aliphatic rings. The number of aromatic amines is 1. The van der Waals surface area contributed by atoms with Gasteiger partial charge >= 0.3 is 44.4 Å². The number of carboxylic acids is 3. The predicted molar refractivity (Wildman–Crippen MR) is 415 cm³/mol. The summed E-state index contributed by atoms with van der Waals surface area (Å²) in [5.41, 5.74) is 4.60. The quantitative estimate of drug-likeness (QED) is 0.00454. The number of carbonyl (C=O) groups excluding carboxylic acids is 1. The molecule has 6 atom stereocenters. The van der Waals surface area contributed by atoms with Gasteiger partial charge in [0.25, 0.3) is 10.1 Å². The number of para-hydroxylation sites is 1. The number of H-pyrrole nitrogens is 1. The molecule has 0 unspecified atom stereocenters. The van der Waals surface area contributed by atoms with Crippen LogP contribution in [0.1, 0.15) is 97.8 Å². The minimum atomic E-state index is -5.32. The number of aliphatic hydroxyl groups is 8. The number of nitrogens with one attached hydrogen (secondary N) is 1. The Morgan fingerprint density at radius 2 is 1.10 bits per heavy atom. The smallest absolute Gasteiger partial charge is 0.446 e. The zero-order chi connectivity index (χ0) is 83.5. The number of carboxylic acid groups (broad SMARTS) is 3. The first-order chi connectivity index (χ1) is 53.8. The highest BCUT2D eigenvalue weighted by molar-refractivity contribution is 7.86. The highest BCUT2D eigenvalue weighted by atomic mass is 32.3. The van der Waals surface area contributed by atoms with Gasteiger partial charge in [0.2, 0.25) is 57.4 Å². The van der Waals surface area contributed by atoms with Gasteiger partial charge in [-0.2, -0.15) is 25.3 Å². The maximum Gasteiger partial charge on any atom is 0.446 e. The Morgan fingerprint density at radius 3 is 1.70 bits per heavy atom. The normalized spacial score (nSPS) is 15.0. The average molecular weight is 1640 g/mol. The number of aromatic carboxylic acids is 1. The lowest BCUT2D eigenvalue weighted by molar-refractivity contribution is -0.176. The molecule has 114 heavy (non-hydrogen) atoms. The summed E-state index contributed by atoms with van der Waals surface area (Å²) < 4.78 is 119. The lowest BCUT2D eigenvalue weighted by Crippen LogP contribution is -2.47. The third-order valence-electron chi connectivity index (χ3n) is 17.1. The lowest BCUT2D eigenvalue weighted by Gasteiger charge is -2.19. The largest absolute Gasteiger partial charge is 0.495 e. The SMILES string of the molecule is CCCC[C@H](N=C(O)[C@H](Cc1ccc(OS(=O)(=O)O)cc1)N=C(O)[C@H](CC(=O)O)N=C(O)CN=C(O)c1ccc(-c2c3ccc(=[NH2+])c(S(=O)(=O)O)c-3oc3c(S(=O)(=O)O)c(N)ccc23)c(C(=O)O)c1)C(O)=NCC(O)=N[C@H](Cc1c[nH]c2ccccc12)C(O)=N[C@@H](CCCC)C(O)=N[C@@H](CC(=O)O)C(=O)OCCc1ccccc1. The van der Waals surface area contributed by atoms with Gasteiger partial charge in [0.1, 0.15) is 49.0 Å². The molecule has 5 aromatic carbocycles. The molecule has 0 saturated carbocycles. The fourth-order valence-corrected chi connectivity index (χ4v) is 13.6. The van der Waals surface area contributed by atoms with Crippen molar-refractivity contribution in [2.24, 2.45) is 39.9 Å². The van der Waals surface area contributed by atoms with Crippen LogP contribution in [0.3, 0.4) is 0 Å². The second kappa shape index (κ2) is 38.5. The van der Waals surface area contributed by atoms with Crippen LogP contribution in [0.5, 0.6) is 5.75 Å². The van der Waals surface area contributed by atoms with Crippen molar-refractivity contribution in [3.63, 3.8) is 0 Å². The number of hydrogen-bond acceptors (Lipinski definition) is 22. The molecule has 8 rings (SSSR count). The highest BCUT2D eigenvalue weighted by Gasteiger charge is 2.35. The third-order valence-corrected chi connectivity index (χ3v) is 19.4. The summed E-state index contributed by atoms with van der Waals surface area (Å²) in [4.78, 5) is 84.5. The second-order valence-corrected chi connectivity index (χ2v) is 29.2. The average Bonchev–Trinajstić information content (AvgIpc) is 0.897. The molecule has 38 nitrogen and oxygen atoms in total. The Balaban J connectivity index is 1.12. The molecule has 6 aromatic rings. The molecule has 606 valence electrons. The van der Waals surface area contributed by atoms with E-state index in [1.165, 1.54) is 12.1 Å². The Labute approximate surface area is 648 Å². The number of nitrogens with two attached hydrogens (primary N) is 2. The fourth-order valence-electron chi connectivity index (χ4n) is 11.8. The van der Waals surface area contributed by atoms with Gasteiger partial charge in [0, 0.05) is 64.5 Å². The van der Waals surface area contributed by atoms with E-state index in [-0.39, 0.29) is 66.4 Å². The number of carbonyl (C=O) groups is 4. The summed E-state index contributed by atoms with van der Waals surface area (Å²) in [5.74, 6) is -14.8. The van der Waals surface area contributed by atoms with Crippen molar-refractivity contribution in [2.75, 3.05) is 25.4 Å². The van der Waals surface area contributed by atoms with Gasteiger partial charge in [-0.25, -0.2) is 49.5 Å². The summed E-state index contributed by atoms with van der Waals surface area (Å²) in [6.45, 7) is 1.52. The zero-order valence-electron chi connectivity index (χ0n) is 60.5. The van der Waals surface area contributed by atoms with Gasteiger partial charge in [-0.15, -0.1) is 0 Å². The number of nitrogens with zero attached hydrogens (tertiary/aromatic N) is 8. The molecule has 41 heteroatoms. The van der Waals surface area contributed by atoms with Crippen LogP contribution in [-0.4, -0.2) is 227 Å². The first-order valence-corrected chi connectivity index (χ1v) is 38.8. The summed E-state index contributed by atoms with van der Waals surface area (Å²) in [6, 6.07) is 17.8. The number of rotatable bonds is 40. The minimum Gasteiger partial charge on any atom is -0.495 e. The number of anilines is 1. The maximum atomic E-state index is 13.3. The highest BCUT2D eigenvalue weighted by Crippen LogP contribution is 2.46. The number of fused-ring (bicyclic) bond motifs is 3. The van der Waals surface area contributed by atoms with E-state index in [4.69, 9.17) is 20.3 Å². The van der Waals surface area contributed by atoms with Crippen LogP contribution in [0.4, 0.5) is 5.69 Å². The first-order valence-electron chi connectivity index (χ1n) is 34.6. The van der Waals surface area contributed by atoms with Crippen molar-refractivity contribution in [3.05, 3.63) is 161 Å². The number of aliphatic imine (C=N–C) groups is 8. The lowest BCUT2D eigenvalue weighted by atomic mass is 9.89. The van der Waals surface area contributed by atoms with Crippen LogP contribution in [0.15, 0.2) is 182 Å². The summed E-state index contributed by atoms with van der Waals surface area (Å²) in [5, 5.41) is 129. The monoisotopic (exact) mass is 1640 g/mol. The van der Waals surface area contributed by atoms with E-state index in [1.807, 2.05) is 6.92 Å². The molecule has 2 heterocycles. The molecule has 0 bridgehead atoms. The number of nitrogen functional groups attached to an aromatic ring is 1. The molecule has 0 amide bonds. The third kappa shape index (κ3) is 23.7. The Morgan fingerprint density at radius 1 is 0.553 bits per heavy atom. The predicted octanol–water partition coefficient (Wildman–Crippen LogP) is 7.11. The number of hydrogen-bond donors (Lipinski definition) is 17.